The number of carbonyl (C=O) groups is 2. The lowest BCUT2D eigenvalue weighted by Crippen LogP contribution is -2.50. The second kappa shape index (κ2) is 15.2. The molecule has 3 aromatic carbocycles. The molecule has 0 heterocycles. The first-order valence-corrected chi connectivity index (χ1v) is 16.2. The van der Waals surface area contributed by atoms with Crippen molar-refractivity contribution in [2.24, 2.45) is 0 Å². The molecule has 0 aliphatic carbocycles. The highest BCUT2D eigenvalue weighted by Gasteiger charge is 2.30. The molecule has 1 N–H and O–H groups in total. The van der Waals surface area contributed by atoms with Crippen molar-refractivity contribution >= 4 is 50.7 Å². The Balaban J connectivity index is 1.88. The van der Waals surface area contributed by atoms with Crippen LogP contribution in [0.15, 0.2) is 72.8 Å². The lowest BCUT2D eigenvalue weighted by atomic mass is 10.0. The van der Waals surface area contributed by atoms with Crippen molar-refractivity contribution in [3.8, 4) is 0 Å². The maximum Gasteiger partial charge on any atom is 0.243 e. The molecule has 41 heavy (non-hydrogen) atoms. The summed E-state index contributed by atoms with van der Waals surface area (Å²) in [5.41, 5.74) is 2.99. The quantitative estimate of drug-likeness (QED) is 0.240. The Morgan fingerprint density at radius 3 is 2.22 bits per heavy atom. The Hall–Kier alpha value is -3.07. The molecule has 2 amide bonds. The van der Waals surface area contributed by atoms with Gasteiger partial charge in [-0.2, -0.15) is 0 Å². The zero-order valence-corrected chi connectivity index (χ0v) is 26.0. The minimum absolute atomic E-state index is 0.0472. The molecule has 3 aromatic rings. The van der Waals surface area contributed by atoms with Crippen LogP contribution in [0.1, 0.15) is 42.9 Å². The maximum absolute atomic E-state index is 13.8. The second-order valence-corrected chi connectivity index (χ2v) is 12.8. The Kier molecular flexibility index (Phi) is 12.1. The maximum atomic E-state index is 13.8. The molecule has 10 heteroatoms. The molecule has 0 saturated carbocycles. The van der Waals surface area contributed by atoms with Gasteiger partial charge in [0.2, 0.25) is 21.8 Å². The summed E-state index contributed by atoms with van der Waals surface area (Å²) in [5, 5.41) is 3.95. The van der Waals surface area contributed by atoms with Crippen LogP contribution in [0.25, 0.3) is 0 Å². The van der Waals surface area contributed by atoms with Crippen molar-refractivity contribution in [1.29, 1.82) is 0 Å². The van der Waals surface area contributed by atoms with Crippen LogP contribution in [-0.4, -0.2) is 50.5 Å². The highest BCUT2D eigenvalue weighted by atomic mass is 35.5. The molecule has 0 radical (unpaired) electrons. The molecule has 0 fully saturated rings. The van der Waals surface area contributed by atoms with E-state index in [1.807, 2.05) is 56.3 Å². The fourth-order valence-electron chi connectivity index (χ4n) is 4.54. The van der Waals surface area contributed by atoms with Gasteiger partial charge in [-0.05, 0) is 60.7 Å². The van der Waals surface area contributed by atoms with Crippen molar-refractivity contribution in [3.05, 3.63) is 99.5 Å². The summed E-state index contributed by atoms with van der Waals surface area (Å²) in [6, 6.07) is 21.1. The largest absolute Gasteiger partial charge is 0.354 e. The van der Waals surface area contributed by atoms with E-state index < -0.39 is 16.1 Å². The third kappa shape index (κ3) is 9.76. The van der Waals surface area contributed by atoms with E-state index >= 15 is 0 Å². The number of aryl methyl sites for hydroxylation is 1. The number of benzene rings is 3. The molecule has 0 aliphatic rings. The highest BCUT2D eigenvalue weighted by molar-refractivity contribution is 7.92. The average molecular weight is 619 g/mol. The number of halogens is 2. The van der Waals surface area contributed by atoms with Gasteiger partial charge in [-0.15, -0.1) is 0 Å². The second-order valence-electron chi connectivity index (χ2n) is 10.0. The Morgan fingerprint density at radius 1 is 0.927 bits per heavy atom. The van der Waals surface area contributed by atoms with Crippen LogP contribution in [-0.2, 0) is 32.6 Å². The molecule has 0 aliphatic heterocycles. The first kappa shape index (κ1) is 32.4. The van der Waals surface area contributed by atoms with Gasteiger partial charge in [0.25, 0.3) is 0 Å². The van der Waals surface area contributed by atoms with E-state index in [9.17, 15) is 18.0 Å². The molecule has 3 rings (SSSR count). The van der Waals surface area contributed by atoms with Crippen LogP contribution in [0, 0.1) is 6.92 Å². The highest BCUT2D eigenvalue weighted by Crippen LogP contribution is 2.27. The Labute approximate surface area is 253 Å². The smallest absolute Gasteiger partial charge is 0.243 e. The van der Waals surface area contributed by atoms with E-state index in [2.05, 4.69) is 5.32 Å². The van der Waals surface area contributed by atoms with Crippen molar-refractivity contribution in [3.63, 3.8) is 0 Å². The van der Waals surface area contributed by atoms with Crippen LogP contribution in [0.3, 0.4) is 0 Å². The van der Waals surface area contributed by atoms with Gasteiger partial charge >= 0.3 is 0 Å². The summed E-state index contributed by atoms with van der Waals surface area (Å²) in [6.45, 7) is 4.57. The number of sulfonamides is 1. The van der Waals surface area contributed by atoms with Crippen LogP contribution in [0.2, 0.25) is 10.0 Å². The number of amides is 2. The molecule has 0 spiro atoms. The van der Waals surface area contributed by atoms with E-state index in [1.54, 1.807) is 35.2 Å². The van der Waals surface area contributed by atoms with Gasteiger partial charge in [0.05, 0.1) is 11.9 Å². The lowest BCUT2D eigenvalue weighted by molar-refractivity contribution is -0.141. The Bertz CT molecular complexity index is 1420. The summed E-state index contributed by atoms with van der Waals surface area (Å²) < 4.78 is 26.7. The van der Waals surface area contributed by atoms with E-state index in [1.165, 1.54) is 4.31 Å². The van der Waals surface area contributed by atoms with Crippen molar-refractivity contribution < 1.29 is 18.0 Å². The van der Waals surface area contributed by atoms with E-state index in [4.69, 9.17) is 23.2 Å². The third-order valence-corrected chi connectivity index (χ3v) is 8.35. The van der Waals surface area contributed by atoms with Crippen LogP contribution >= 0.6 is 23.2 Å². The zero-order chi connectivity index (χ0) is 30.0. The number of anilines is 1. The molecule has 1 unspecified atom stereocenters. The minimum Gasteiger partial charge on any atom is -0.354 e. The first-order chi connectivity index (χ1) is 19.5. The van der Waals surface area contributed by atoms with E-state index in [-0.39, 0.29) is 37.7 Å². The molecule has 0 saturated heterocycles. The number of nitrogens with zero attached hydrogens (tertiary/aromatic N) is 2. The van der Waals surface area contributed by atoms with Crippen LogP contribution in [0.5, 0.6) is 0 Å². The topological polar surface area (TPSA) is 86.8 Å². The number of nitrogens with one attached hydrogen (secondary N) is 1. The molecule has 220 valence electrons. The van der Waals surface area contributed by atoms with Crippen molar-refractivity contribution in [2.45, 2.75) is 52.1 Å². The molecule has 0 bridgehead atoms. The predicted molar refractivity (Wildman–Crippen MR) is 167 cm³/mol. The predicted octanol–water partition coefficient (Wildman–Crippen LogP) is 6.01. The third-order valence-electron chi connectivity index (χ3n) is 6.68. The van der Waals surface area contributed by atoms with E-state index in [0.29, 0.717) is 28.7 Å². The summed E-state index contributed by atoms with van der Waals surface area (Å²) in [4.78, 5) is 28.9. The molecular weight excluding hydrogens is 581 g/mol. The van der Waals surface area contributed by atoms with Gasteiger partial charge in [-0.3, -0.25) is 13.9 Å². The summed E-state index contributed by atoms with van der Waals surface area (Å²) in [6.07, 6.45) is 2.54. The average Bonchev–Trinajstić information content (AvgIpc) is 2.94. The molecular formula is C31H37Cl2N3O4S. The van der Waals surface area contributed by atoms with Gasteiger partial charge < -0.3 is 10.2 Å². The fraction of sp³-hybridized carbons (Fsp3) is 0.355. The van der Waals surface area contributed by atoms with Crippen LogP contribution < -0.4 is 9.62 Å². The number of hydrogen-bond donors (Lipinski definition) is 1. The SMILES string of the molecule is CCCNC(=O)C(Cc1ccccc1)N(Cc1ccc(Cl)cc1)C(=O)CCCN(c1cc(Cl)ccc1C)S(C)(=O)=O. The van der Waals surface area contributed by atoms with Gasteiger partial charge in [0, 0.05) is 42.5 Å². The number of rotatable bonds is 14. The summed E-state index contributed by atoms with van der Waals surface area (Å²) >= 11 is 12.3. The summed E-state index contributed by atoms with van der Waals surface area (Å²) in [5.74, 6) is -0.478. The first-order valence-electron chi connectivity index (χ1n) is 13.6. The van der Waals surface area contributed by atoms with Gasteiger partial charge in [0.1, 0.15) is 6.04 Å². The van der Waals surface area contributed by atoms with Crippen LogP contribution in [0.4, 0.5) is 5.69 Å². The Morgan fingerprint density at radius 2 is 1.59 bits per heavy atom. The van der Waals surface area contributed by atoms with Crippen molar-refractivity contribution in [2.75, 3.05) is 23.7 Å². The minimum atomic E-state index is -3.64. The monoisotopic (exact) mass is 617 g/mol. The normalized spacial score (nSPS) is 12.0. The zero-order valence-electron chi connectivity index (χ0n) is 23.6. The van der Waals surface area contributed by atoms with Gasteiger partial charge in [0.15, 0.2) is 0 Å². The molecule has 7 nitrogen and oxygen atoms in total. The molecule has 0 aromatic heterocycles. The van der Waals surface area contributed by atoms with Crippen molar-refractivity contribution in [1.82, 2.24) is 10.2 Å². The summed E-state index contributed by atoms with van der Waals surface area (Å²) in [7, 11) is -3.64. The van der Waals surface area contributed by atoms with Gasteiger partial charge in [-0.1, -0.05) is 78.7 Å². The number of hydrogen-bond acceptors (Lipinski definition) is 4. The standard InChI is InChI=1S/C31H37Cl2N3O4S/c1-4-18-34-31(38)29(20-24-9-6-5-7-10-24)35(22-25-13-16-26(32)17-14-25)30(37)11-8-19-36(41(3,39)40)28-21-27(33)15-12-23(28)2/h5-7,9-10,12-17,21,29H,4,8,11,18-20,22H2,1-3H3,(H,34,38). The van der Waals surface area contributed by atoms with E-state index in [0.717, 1.165) is 29.4 Å². The number of carbonyl (C=O) groups excluding carboxylic acids is 2. The molecule has 1 atom stereocenters. The van der Waals surface area contributed by atoms with Gasteiger partial charge in [-0.25, -0.2) is 8.42 Å². The lowest BCUT2D eigenvalue weighted by Gasteiger charge is -2.32. The fourth-order valence-corrected chi connectivity index (χ4v) is 5.85.